The highest BCUT2D eigenvalue weighted by atomic mass is 35.5. The summed E-state index contributed by atoms with van der Waals surface area (Å²) in [6.45, 7) is 0. The van der Waals surface area contributed by atoms with Gasteiger partial charge in [0.25, 0.3) is 0 Å². The van der Waals surface area contributed by atoms with Crippen molar-refractivity contribution in [1.29, 1.82) is 0 Å². The predicted octanol–water partition coefficient (Wildman–Crippen LogP) is 3.79. The fraction of sp³-hybridized carbons (Fsp3) is 0.357. The third kappa shape index (κ3) is 3.72. The zero-order valence-electron chi connectivity index (χ0n) is 10.3. The Hall–Kier alpha value is -1.06. The highest BCUT2D eigenvalue weighted by molar-refractivity contribution is 7.07. The number of halogens is 1. The summed E-state index contributed by atoms with van der Waals surface area (Å²) in [5, 5.41) is 2.09. The molecule has 1 atom stereocenters. The maximum absolute atomic E-state index is 6.05. The minimum absolute atomic E-state index is 0.417. The molecule has 2 rings (SSSR count). The van der Waals surface area contributed by atoms with Crippen molar-refractivity contribution in [3.8, 4) is 5.75 Å². The quantitative estimate of drug-likeness (QED) is 0.752. The first-order valence-electron chi connectivity index (χ1n) is 5.87. The summed E-state index contributed by atoms with van der Waals surface area (Å²) in [7, 11) is 1.69. The molecule has 0 saturated carbocycles. The minimum Gasteiger partial charge on any atom is -0.497 e. The average molecular weight is 282 g/mol. The van der Waals surface area contributed by atoms with Crippen molar-refractivity contribution >= 4 is 22.9 Å². The molecular weight excluding hydrogens is 266 g/mol. The van der Waals surface area contributed by atoms with E-state index < -0.39 is 0 Å². The highest BCUT2D eigenvalue weighted by Crippen LogP contribution is 2.19. The average Bonchev–Trinajstić information content (AvgIpc) is 2.91. The smallest absolute Gasteiger partial charge is 0.119 e. The number of rotatable bonds is 6. The summed E-state index contributed by atoms with van der Waals surface area (Å²) in [5.41, 5.74) is 4.26. The maximum Gasteiger partial charge on any atom is 0.119 e. The van der Waals surface area contributed by atoms with E-state index in [1.165, 1.54) is 5.56 Å². The van der Waals surface area contributed by atoms with E-state index in [2.05, 4.69) is 22.5 Å². The number of benzene rings is 1. The Balaban J connectivity index is 2.00. The van der Waals surface area contributed by atoms with Crippen LogP contribution in [0.1, 0.15) is 11.3 Å². The van der Waals surface area contributed by atoms with Gasteiger partial charge >= 0.3 is 0 Å². The summed E-state index contributed by atoms with van der Waals surface area (Å²) in [5.74, 6) is 1.96. The van der Waals surface area contributed by atoms with E-state index in [9.17, 15) is 0 Å². The summed E-state index contributed by atoms with van der Waals surface area (Å²) < 4.78 is 5.23. The van der Waals surface area contributed by atoms with Gasteiger partial charge < -0.3 is 4.74 Å². The SMILES string of the molecule is COc1cccc(CC(CCl)Cc2cscn2)c1. The Labute approximate surface area is 117 Å². The zero-order chi connectivity index (χ0) is 12.8. The van der Waals surface area contributed by atoms with Crippen LogP contribution >= 0.6 is 22.9 Å². The second kappa shape index (κ2) is 6.76. The third-order valence-corrected chi connectivity index (χ3v) is 3.93. The molecule has 0 aliphatic heterocycles. The zero-order valence-corrected chi connectivity index (χ0v) is 11.9. The second-order valence-corrected chi connectivity index (χ2v) is 5.29. The first kappa shape index (κ1) is 13.4. The van der Waals surface area contributed by atoms with Gasteiger partial charge in [0.05, 0.1) is 18.3 Å². The normalized spacial score (nSPS) is 12.3. The molecule has 0 saturated heterocycles. The molecular formula is C14H16ClNOS. The number of thiazole rings is 1. The lowest BCUT2D eigenvalue weighted by atomic mass is 9.96. The fourth-order valence-electron chi connectivity index (χ4n) is 1.95. The Morgan fingerprint density at radius 2 is 2.28 bits per heavy atom. The molecule has 1 aromatic heterocycles. The van der Waals surface area contributed by atoms with Gasteiger partial charge in [-0.2, -0.15) is 0 Å². The number of alkyl halides is 1. The molecule has 18 heavy (non-hydrogen) atoms. The lowest BCUT2D eigenvalue weighted by Crippen LogP contribution is -2.10. The summed E-state index contributed by atoms with van der Waals surface area (Å²) in [4.78, 5) is 4.31. The molecule has 0 fully saturated rings. The number of hydrogen-bond acceptors (Lipinski definition) is 3. The van der Waals surface area contributed by atoms with Crippen molar-refractivity contribution in [2.75, 3.05) is 13.0 Å². The van der Waals surface area contributed by atoms with E-state index in [0.717, 1.165) is 24.3 Å². The minimum atomic E-state index is 0.417. The molecule has 0 radical (unpaired) electrons. The van der Waals surface area contributed by atoms with Gasteiger partial charge in [0, 0.05) is 11.3 Å². The van der Waals surface area contributed by atoms with Crippen molar-refractivity contribution in [3.63, 3.8) is 0 Å². The van der Waals surface area contributed by atoms with Gasteiger partial charge in [-0.15, -0.1) is 22.9 Å². The molecule has 1 aromatic carbocycles. The van der Waals surface area contributed by atoms with Crippen molar-refractivity contribution < 1.29 is 4.74 Å². The largest absolute Gasteiger partial charge is 0.497 e. The van der Waals surface area contributed by atoms with Crippen LogP contribution in [-0.2, 0) is 12.8 Å². The number of aromatic nitrogens is 1. The van der Waals surface area contributed by atoms with Crippen molar-refractivity contribution in [2.45, 2.75) is 12.8 Å². The standard InChI is InChI=1S/C14H16ClNOS/c1-17-14-4-2-3-11(7-14)5-12(8-15)6-13-9-18-10-16-13/h2-4,7,9-10,12H,5-6,8H2,1H3. The van der Waals surface area contributed by atoms with Gasteiger partial charge in [-0.3, -0.25) is 0 Å². The van der Waals surface area contributed by atoms with Crippen LogP contribution in [0.25, 0.3) is 0 Å². The second-order valence-electron chi connectivity index (χ2n) is 4.26. The Morgan fingerprint density at radius 3 is 2.94 bits per heavy atom. The highest BCUT2D eigenvalue weighted by Gasteiger charge is 2.11. The lowest BCUT2D eigenvalue weighted by molar-refractivity contribution is 0.414. The summed E-state index contributed by atoms with van der Waals surface area (Å²) in [6.07, 6.45) is 1.89. The van der Waals surface area contributed by atoms with E-state index >= 15 is 0 Å². The van der Waals surface area contributed by atoms with Gasteiger partial charge in [0.1, 0.15) is 5.75 Å². The molecule has 0 amide bonds. The van der Waals surface area contributed by atoms with Gasteiger partial charge in [-0.1, -0.05) is 12.1 Å². The Morgan fingerprint density at radius 1 is 1.39 bits per heavy atom. The van der Waals surface area contributed by atoms with Crippen LogP contribution < -0.4 is 4.74 Å². The van der Waals surface area contributed by atoms with Crippen molar-refractivity contribution in [2.24, 2.45) is 5.92 Å². The molecule has 0 bridgehead atoms. The lowest BCUT2D eigenvalue weighted by Gasteiger charge is -2.13. The van der Waals surface area contributed by atoms with Gasteiger partial charge in [-0.05, 0) is 36.5 Å². The Bertz CT molecular complexity index is 472. The first-order chi connectivity index (χ1) is 8.81. The van der Waals surface area contributed by atoms with Crippen LogP contribution in [0.4, 0.5) is 0 Å². The van der Waals surface area contributed by atoms with Crippen molar-refractivity contribution in [1.82, 2.24) is 4.98 Å². The molecule has 1 heterocycles. The molecule has 0 N–H and O–H groups in total. The maximum atomic E-state index is 6.05. The van der Waals surface area contributed by atoms with E-state index in [4.69, 9.17) is 16.3 Å². The summed E-state index contributed by atoms with van der Waals surface area (Å²) >= 11 is 7.68. The van der Waals surface area contributed by atoms with Crippen molar-refractivity contribution in [3.05, 3.63) is 46.4 Å². The van der Waals surface area contributed by atoms with Gasteiger partial charge in [-0.25, -0.2) is 4.98 Å². The molecule has 2 aromatic rings. The molecule has 1 unspecified atom stereocenters. The van der Waals surface area contributed by atoms with Crippen LogP contribution in [0.15, 0.2) is 35.2 Å². The Kier molecular flexibility index (Phi) is 5.02. The number of nitrogens with zero attached hydrogens (tertiary/aromatic N) is 1. The van der Waals surface area contributed by atoms with Gasteiger partial charge in [0.2, 0.25) is 0 Å². The summed E-state index contributed by atoms with van der Waals surface area (Å²) in [6, 6.07) is 8.16. The number of hydrogen-bond donors (Lipinski definition) is 0. The van der Waals surface area contributed by atoms with E-state index in [1.807, 2.05) is 17.6 Å². The molecule has 0 aliphatic carbocycles. The predicted molar refractivity (Wildman–Crippen MR) is 76.7 cm³/mol. The van der Waals surface area contributed by atoms with Crippen LogP contribution in [0.5, 0.6) is 5.75 Å². The third-order valence-electron chi connectivity index (χ3n) is 2.86. The molecule has 4 heteroatoms. The van der Waals surface area contributed by atoms with Crippen LogP contribution in [0.2, 0.25) is 0 Å². The molecule has 2 nitrogen and oxygen atoms in total. The topological polar surface area (TPSA) is 22.1 Å². The van der Waals surface area contributed by atoms with Crippen LogP contribution in [0.3, 0.4) is 0 Å². The van der Waals surface area contributed by atoms with E-state index in [-0.39, 0.29) is 0 Å². The van der Waals surface area contributed by atoms with E-state index in [0.29, 0.717) is 11.8 Å². The monoisotopic (exact) mass is 281 g/mol. The number of methoxy groups -OCH3 is 1. The van der Waals surface area contributed by atoms with E-state index in [1.54, 1.807) is 18.4 Å². The fourth-order valence-corrected chi connectivity index (χ4v) is 2.74. The molecule has 96 valence electrons. The molecule has 0 spiro atoms. The number of ether oxygens (including phenoxy) is 1. The van der Waals surface area contributed by atoms with Crippen LogP contribution in [0, 0.1) is 5.92 Å². The van der Waals surface area contributed by atoms with Gasteiger partial charge in [0.15, 0.2) is 0 Å². The first-order valence-corrected chi connectivity index (χ1v) is 7.35. The van der Waals surface area contributed by atoms with Crippen LogP contribution in [-0.4, -0.2) is 18.0 Å². The molecule has 0 aliphatic rings.